The van der Waals surface area contributed by atoms with Crippen LogP contribution in [0, 0.1) is 0 Å². The van der Waals surface area contributed by atoms with E-state index in [0.717, 1.165) is 25.7 Å². The van der Waals surface area contributed by atoms with Crippen molar-refractivity contribution in [2.24, 2.45) is 0 Å². The highest BCUT2D eigenvalue weighted by atomic mass is 32.2. The van der Waals surface area contributed by atoms with Gasteiger partial charge in [0.25, 0.3) is 10.2 Å². The van der Waals surface area contributed by atoms with E-state index < -0.39 is 10.2 Å². The van der Waals surface area contributed by atoms with Crippen molar-refractivity contribution >= 4 is 10.2 Å². The molecule has 1 aliphatic heterocycles. The second-order valence-electron chi connectivity index (χ2n) is 6.76. The molecule has 1 heterocycles. The summed E-state index contributed by atoms with van der Waals surface area (Å²) in [6.07, 6.45) is 5.01. The molecule has 3 rings (SSSR count). The van der Waals surface area contributed by atoms with Crippen molar-refractivity contribution in [2.75, 3.05) is 26.7 Å². The van der Waals surface area contributed by atoms with E-state index in [4.69, 9.17) is 9.47 Å². The molecule has 1 aliphatic carbocycles. The number of benzene rings is 1. The van der Waals surface area contributed by atoms with Crippen LogP contribution in [0.4, 0.5) is 0 Å². The third-order valence-electron chi connectivity index (χ3n) is 5.11. The van der Waals surface area contributed by atoms with Crippen LogP contribution in [0.2, 0.25) is 0 Å². The van der Waals surface area contributed by atoms with Crippen LogP contribution in [0.15, 0.2) is 24.3 Å². The standard InChI is InChI=1S/C18H28N2O4S/c1-3-20(25(21,22)19(2)15-9-5-4-6-10-15)13-16-14-23-17-11-7-8-12-18(17)24-16/h7-8,11-12,15-16H,3-6,9-10,13-14H2,1-2H3. The fourth-order valence-corrected chi connectivity index (χ4v) is 5.21. The molecule has 0 bridgehead atoms. The van der Waals surface area contributed by atoms with E-state index in [2.05, 4.69) is 0 Å². The molecule has 1 unspecified atom stereocenters. The summed E-state index contributed by atoms with van der Waals surface area (Å²) in [5, 5.41) is 0. The van der Waals surface area contributed by atoms with Gasteiger partial charge in [0.05, 0.1) is 6.54 Å². The topological polar surface area (TPSA) is 59.1 Å². The zero-order chi connectivity index (χ0) is 17.9. The van der Waals surface area contributed by atoms with Crippen LogP contribution in [0.1, 0.15) is 39.0 Å². The monoisotopic (exact) mass is 368 g/mol. The maximum absolute atomic E-state index is 13.0. The van der Waals surface area contributed by atoms with Crippen molar-refractivity contribution in [1.82, 2.24) is 8.61 Å². The molecule has 6 nitrogen and oxygen atoms in total. The fraction of sp³-hybridized carbons (Fsp3) is 0.667. The summed E-state index contributed by atoms with van der Waals surface area (Å²) in [4.78, 5) is 0. The summed E-state index contributed by atoms with van der Waals surface area (Å²) in [6, 6.07) is 7.59. The van der Waals surface area contributed by atoms with E-state index in [-0.39, 0.29) is 12.1 Å². The second kappa shape index (κ2) is 7.93. The van der Waals surface area contributed by atoms with Crippen LogP contribution in [0.5, 0.6) is 11.5 Å². The summed E-state index contributed by atoms with van der Waals surface area (Å²) in [6.45, 7) is 2.94. The molecule has 1 atom stereocenters. The molecule has 0 amide bonds. The van der Waals surface area contributed by atoms with Crippen molar-refractivity contribution in [3.05, 3.63) is 24.3 Å². The summed E-state index contributed by atoms with van der Waals surface area (Å²) in [7, 11) is -1.79. The van der Waals surface area contributed by atoms with E-state index in [0.29, 0.717) is 31.2 Å². The molecule has 0 saturated heterocycles. The molecule has 1 aromatic carbocycles. The number of hydrogen-bond donors (Lipinski definition) is 0. The quantitative estimate of drug-likeness (QED) is 0.775. The Hall–Kier alpha value is -1.31. The number of ether oxygens (including phenoxy) is 2. The Labute approximate surface area is 150 Å². The molecule has 140 valence electrons. The van der Waals surface area contributed by atoms with E-state index in [1.54, 1.807) is 11.4 Å². The maximum Gasteiger partial charge on any atom is 0.282 e. The largest absolute Gasteiger partial charge is 0.486 e. The Morgan fingerprint density at radius 3 is 2.48 bits per heavy atom. The minimum atomic E-state index is -3.50. The molecular weight excluding hydrogens is 340 g/mol. The summed E-state index contributed by atoms with van der Waals surface area (Å²) in [5.74, 6) is 1.39. The zero-order valence-corrected chi connectivity index (χ0v) is 15.9. The number of hydrogen-bond acceptors (Lipinski definition) is 4. The van der Waals surface area contributed by atoms with Crippen LogP contribution in [-0.4, -0.2) is 55.9 Å². The van der Waals surface area contributed by atoms with Crippen LogP contribution < -0.4 is 9.47 Å². The predicted octanol–water partition coefficient (Wildman–Crippen LogP) is 2.66. The van der Waals surface area contributed by atoms with Crippen LogP contribution in [-0.2, 0) is 10.2 Å². The Kier molecular flexibility index (Phi) is 5.86. The average molecular weight is 368 g/mol. The lowest BCUT2D eigenvalue weighted by Gasteiger charge is -2.36. The SMILES string of the molecule is CCN(CC1COc2ccccc2O1)S(=O)(=O)N(C)C1CCCCC1. The van der Waals surface area contributed by atoms with Gasteiger partial charge in [-0.25, -0.2) is 0 Å². The predicted molar refractivity (Wildman–Crippen MR) is 97.2 cm³/mol. The van der Waals surface area contributed by atoms with Gasteiger partial charge >= 0.3 is 0 Å². The van der Waals surface area contributed by atoms with Crippen LogP contribution in [0.3, 0.4) is 0 Å². The Morgan fingerprint density at radius 2 is 1.80 bits per heavy atom. The third kappa shape index (κ3) is 4.10. The highest BCUT2D eigenvalue weighted by Crippen LogP contribution is 2.31. The molecule has 0 N–H and O–H groups in total. The average Bonchev–Trinajstić information content (AvgIpc) is 2.65. The number of fused-ring (bicyclic) bond motifs is 1. The third-order valence-corrected chi connectivity index (χ3v) is 7.19. The normalized spacial score (nSPS) is 21.7. The minimum absolute atomic E-state index is 0.108. The van der Waals surface area contributed by atoms with Gasteiger partial charge in [0.1, 0.15) is 12.7 Å². The van der Waals surface area contributed by atoms with Gasteiger partial charge in [-0.3, -0.25) is 0 Å². The van der Waals surface area contributed by atoms with Crippen LogP contribution in [0.25, 0.3) is 0 Å². The molecule has 1 saturated carbocycles. The Bertz CT molecular complexity index is 673. The van der Waals surface area contributed by atoms with Crippen molar-refractivity contribution in [1.29, 1.82) is 0 Å². The zero-order valence-electron chi connectivity index (χ0n) is 15.1. The van der Waals surface area contributed by atoms with E-state index in [1.807, 2.05) is 31.2 Å². The van der Waals surface area contributed by atoms with Crippen molar-refractivity contribution in [3.8, 4) is 11.5 Å². The fourth-order valence-electron chi connectivity index (χ4n) is 3.58. The highest BCUT2D eigenvalue weighted by molar-refractivity contribution is 7.86. The smallest absolute Gasteiger partial charge is 0.282 e. The number of likely N-dealkylation sites (N-methyl/N-ethyl adjacent to an activating group) is 1. The van der Waals surface area contributed by atoms with Crippen molar-refractivity contribution in [3.63, 3.8) is 0 Å². The van der Waals surface area contributed by atoms with Gasteiger partial charge in [0.15, 0.2) is 11.5 Å². The molecule has 1 aromatic rings. The highest BCUT2D eigenvalue weighted by Gasteiger charge is 2.34. The molecule has 25 heavy (non-hydrogen) atoms. The first kappa shape index (κ1) is 18.5. The van der Waals surface area contributed by atoms with Gasteiger partial charge in [-0.1, -0.05) is 38.3 Å². The summed E-state index contributed by atoms with van der Waals surface area (Å²) < 4.78 is 40.8. The van der Waals surface area contributed by atoms with E-state index >= 15 is 0 Å². The van der Waals surface area contributed by atoms with Gasteiger partial charge in [0.2, 0.25) is 0 Å². The Balaban J connectivity index is 1.67. The maximum atomic E-state index is 13.0. The van der Waals surface area contributed by atoms with Gasteiger partial charge < -0.3 is 9.47 Å². The van der Waals surface area contributed by atoms with Gasteiger partial charge in [0, 0.05) is 19.6 Å². The van der Waals surface area contributed by atoms with E-state index in [1.165, 1.54) is 10.7 Å². The number of rotatable bonds is 6. The molecule has 2 aliphatic rings. The summed E-state index contributed by atoms with van der Waals surface area (Å²) in [5.41, 5.74) is 0. The van der Waals surface area contributed by atoms with Crippen molar-refractivity contribution in [2.45, 2.75) is 51.2 Å². The molecule has 0 aromatic heterocycles. The first-order valence-corrected chi connectivity index (χ1v) is 10.5. The molecule has 0 spiro atoms. The number of nitrogens with zero attached hydrogens (tertiary/aromatic N) is 2. The Morgan fingerprint density at radius 1 is 1.12 bits per heavy atom. The first-order valence-electron chi connectivity index (χ1n) is 9.14. The molecule has 1 fully saturated rings. The summed E-state index contributed by atoms with van der Waals surface area (Å²) >= 11 is 0. The lowest BCUT2D eigenvalue weighted by molar-refractivity contribution is 0.0755. The molecule has 0 radical (unpaired) electrons. The number of para-hydroxylation sites is 2. The lowest BCUT2D eigenvalue weighted by Crippen LogP contribution is -2.51. The first-order chi connectivity index (χ1) is 12.0. The molecule has 7 heteroatoms. The van der Waals surface area contributed by atoms with Gasteiger partial charge in [-0.2, -0.15) is 17.0 Å². The second-order valence-corrected chi connectivity index (χ2v) is 8.75. The lowest BCUT2D eigenvalue weighted by atomic mass is 9.96. The van der Waals surface area contributed by atoms with Crippen LogP contribution >= 0.6 is 0 Å². The van der Waals surface area contributed by atoms with E-state index in [9.17, 15) is 8.42 Å². The van der Waals surface area contributed by atoms with Gasteiger partial charge in [-0.05, 0) is 25.0 Å². The van der Waals surface area contributed by atoms with Crippen molar-refractivity contribution < 1.29 is 17.9 Å². The molecular formula is C18H28N2O4S. The van der Waals surface area contributed by atoms with Gasteiger partial charge in [-0.15, -0.1) is 0 Å². The minimum Gasteiger partial charge on any atom is -0.486 e.